The van der Waals surface area contributed by atoms with Crippen molar-refractivity contribution in [2.75, 3.05) is 27.9 Å². The largest absolute Gasteiger partial charge is 0.493 e. The van der Waals surface area contributed by atoms with E-state index in [-0.39, 0.29) is 5.78 Å². The van der Waals surface area contributed by atoms with Crippen LogP contribution in [0.2, 0.25) is 0 Å². The molecule has 2 aromatic carbocycles. The van der Waals surface area contributed by atoms with Gasteiger partial charge in [0.1, 0.15) is 12.4 Å². The Morgan fingerprint density at radius 1 is 0.929 bits per heavy atom. The summed E-state index contributed by atoms with van der Waals surface area (Å²) in [5.74, 6) is 2.20. The van der Waals surface area contributed by atoms with Crippen LogP contribution in [0.15, 0.2) is 54.6 Å². The van der Waals surface area contributed by atoms with Gasteiger partial charge in [0.05, 0.1) is 21.3 Å². The van der Waals surface area contributed by atoms with Gasteiger partial charge in [-0.3, -0.25) is 4.79 Å². The first kappa shape index (κ1) is 21.1. The third-order valence-electron chi connectivity index (χ3n) is 4.00. The SMILES string of the molecule is CCC=CCOc1ccc(C(=O)C=Cc2cc(OC)c(OC)c(OC)c2)cc1. The van der Waals surface area contributed by atoms with Crippen molar-refractivity contribution < 1.29 is 23.7 Å². The van der Waals surface area contributed by atoms with E-state index in [1.807, 2.05) is 12.2 Å². The van der Waals surface area contributed by atoms with E-state index in [0.29, 0.717) is 29.4 Å². The average Bonchev–Trinajstić information content (AvgIpc) is 2.74. The summed E-state index contributed by atoms with van der Waals surface area (Å²) in [7, 11) is 4.65. The Kier molecular flexibility index (Phi) is 8.15. The summed E-state index contributed by atoms with van der Waals surface area (Å²) in [6, 6.07) is 10.7. The summed E-state index contributed by atoms with van der Waals surface area (Å²) >= 11 is 0. The van der Waals surface area contributed by atoms with E-state index in [2.05, 4.69) is 6.92 Å². The first-order chi connectivity index (χ1) is 13.6. The molecule has 0 bridgehead atoms. The van der Waals surface area contributed by atoms with Crippen molar-refractivity contribution in [3.8, 4) is 23.0 Å². The number of hydrogen-bond donors (Lipinski definition) is 0. The molecular weight excluding hydrogens is 356 g/mol. The van der Waals surface area contributed by atoms with Crippen molar-refractivity contribution in [2.24, 2.45) is 0 Å². The van der Waals surface area contributed by atoms with Crippen LogP contribution in [0.5, 0.6) is 23.0 Å². The minimum Gasteiger partial charge on any atom is -0.493 e. The van der Waals surface area contributed by atoms with Crippen LogP contribution in [-0.4, -0.2) is 33.7 Å². The van der Waals surface area contributed by atoms with E-state index in [4.69, 9.17) is 18.9 Å². The highest BCUT2D eigenvalue weighted by Crippen LogP contribution is 2.38. The van der Waals surface area contributed by atoms with Crippen molar-refractivity contribution in [1.29, 1.82) is 0 Å². The Morgan fingerprint density at radius 3 is 2.11 bits per heavy atom. The van der Waals surface area contributed by atoms with Crippen molar-refractivity contribution in [3.05, 3.63) is 65.8 Å². The quantitative estimate of drug-likeness (QED) is 0.330. The maximum atomic E-state index is 12.4. The number of methoxy groups -OCH3 is 3. The number of ether oxygens (including phenoxy) is 4. The summed E-state index contributed by atoms with van der Waals surface area (Å²) in [6.07, 6.45) is 8.23. The van der Waals surface area contributed by atoms with Crippen LogP contribution in [-0.2, 0) is 0 Å². The van der Waals surface area contributed by atoms with Crippen molar-refractivity contribution >= 4 is 11.9 Å². The number of allylic oxidation sites excluding steroid dienone is 2. The molecule has 28 heavy (non-hydrogen) atoms. The molecule has 0 atom stereocenters. The van der Waals surface area contributed by atoms with Gasteiger partial charge in [0.2, 0.25) is 5.75 Å². The van der Waals surface area contributed by atoms with Crippen LogP contribution in [0, 0.1) is 0 Å². The number of carbonyl (C=O) groups excluding carboxylic acids is 1. The molecule has 0 N–H and O–H groups in total. The van der Waals surface area contributed by atoms with E-state index >= 15 is 0 Å². The second-order valence-electron chi connectivity index (χ2n) is 5.87. The first-order valence-electron chi connectivity index (χ1n) is 9.03. The Hall–Kier alpha value is -3.21. The zero-order chi connectivity index (χ0) is 20.4. The molecule has 0 amide bonds. The first-order valence-corrected chi connectivity index (χ1v) is 9.03. The summed E-state index contributed by atoms with van der Waals surface area (Å²) < 4.78 is 21.6. The zero-order valence-corrected chi connectivity index (χ0v) is 16.7. The molecule has 0 spiro atoms. The standard InChI is InChI=1S/C23H26O5/c1-5-6-7-14-28-19-11-9-18(10-12-19)20(24)13-8-17-15-21(25-2)23(27-4)22(16-17)26-3/h6-13,15-16H,5,14H2,1-4H3. The summed E-state index contributed by atoms with van der Waals surface area (Å²) in [6.45, 7) is 2.59. The number of rotatable bonds is 10. The van der Waals surface area contributed by atoms with Gasteiger partial charge in [0, 0.05) is 5.56 Å². The molecule has 2 aromatic rings. The van der Waals surface area contributed by atoms with Crippen LogP contribution in [0.3, 0.4) is 0 Å². The molecule has 0 unspecified atom stereocenters. The second kappa shape index (κ2) is 10.8. The maximum Gasteiger partial charge on any atom is 0.203 e. The predicted octanol–water partition coefficient (Wildman–Crippen LogP) is 4.95. The molecule has 0 aliphatic rings. The second-order valence-corrected chi connectivity index (χ2v) is 5.87. The number of benzene rings is 2. The lowest BCUT2D eigenvalue weighted by Crippen LogP contribution is -1.97. The smallest absolute Gasteiger partial charge is 0.203 e. The van der Waals surface area contributed by atoms with Crippen molar-refractivity contribution in [2.45, 2.75) is 13.3 Å². The van der Waals surface area contributed by atoms with Gasteiger partial charge in [-0.2, -0.15) is 0 Å². The van der Waals surface area contributed by atoms with Crippen LogP contribution < -0.4 is 18.9 Å². The van der Waals surface area contributed by atoms with Crippen LogP contribution in [0.25, 0.3) is 6.08 Å². The van der Waals surface area contributed by atoms with Crippen molar-refractivity contribution in [1.82, 2.24) is 0 Å². The lowest BCUT2D eigenvalue weighted by molar-refractivity contribution is 0.104. The Labute approximate surface area is 166 Å². The fourth-order valence-electron chi connectivity index (χ4n) is 2.56. The lowest BCUT2D eigenvalue weighted by Gasteiger charge is -2.12. The minimum absolute atomic E-state index is 0.105. The van der Waals surface area contributed by atoms with Gasteiger partial charge >= 0.3 is 0 Å². The molecule has 148 valence electrons. The normalized spacial score (nSPS) is 11.0. The Bertz CT molecular complexity index is 810. The molecule has 0 saturated carbocycles. The fourth-order valence-corrected chi connectivity index (χ4v) is 2.56. The van der Waals surface area contributed by atoms with E-state index in [9.17, 15) is 4.79 Å². The van der Waals surface area contributed by atoms with E-state index in [0.717, 1.165) is 17.7 Å². The molecule has 0 heterocycles. The molecule has 0 aliphatic heterocycles. The number of carbonyl (C=O) groups is 1. The molecule has 0 aromatic heterocycles. The van der Waals surface area contributed by atoms with Gasteiger partial charge in [0.25, 0.3) is 0 Å². The maximum absolute atomic E-state index is 12.4. The zero-order valence-electron chi connectivity index (χ0n) is 16.7. The molecule has 5 heteroatoms. The number of ketones is 1. The summed E-state index contributed by atoms with van der Waals surface area (Å²) in [5.41, 5.74) is 1.35. The topological polar surface area (TPSA) is 54.0 Å². The van der Waals surface area contributed by atoms with Crippen LogP contribution >= 0.6 is 0 Å². The van der Waals surface area contributed by atoms with Gasteiger partial charge in [0.15, 0.2) is 17.3 Å². The summed E-state index contributed by atoms with van der Waals surface area (Å²) in [4.78, 5) is 12.4. The highest BCUT2D eigenvalue weighted by Gasteiger charge is 2.12. The molecule has 0 aliphatic carbocycles. The Balaban J connectivity index is 2.09. The van der Waals surface area contributed by atoms with E-state index in [1.54, 1.807) is 63.8 Å². The van der Waals surface area contributed by atoms with Crippen LogP contribution in [0.1, 0.15) is 29.3 Å². The molecule has 0 radical (unpaired) electrons. The van der Waals surface area contributed by atoms with Gasteiger partial charge in [-0.15, -0.1) is 0 Å². The van der Waals surface area contributed by atoms with Gasteiger partial charge in [-0.1, -0.05) is 25.2 Å². The minimum atomic E-state index is -0.105. The average molecular weight is 382 g/mol. The monoisotopic (exact) mass is 382 g/mol. The van der Waals surface area contributed by atoms with Crippen LogP contribution in [0.4, 0.5) is 0 Å². The molecule has 0 saturated heterocycles. The van der Waals surface area contributed by atoms with Crippen molar-refractivity contribution in [3.63, 3.8) is 0 Å². The van der Waals surface area contributed by atoms with Gasteiger partial charge in [-0.05, 0) is 54.5 Å². The lowest BCUT2D eigenvalue weighted by atomic mass is 10.1. The Morgan fingerprint density at radius 2 is 1.57 bits per heavy atom. The fraction of sp³-hybridized carbons (Fsp3) is 0.261. The highest BCUT2D eigenvalue weighted by atomic mass is 16.5. The third kappa shape index (κ3) is 5.64. The van der Waals surface area contributed by atoms with Gasteiger partial charge < -0.3 is 18.9 Å². The highest BCUT2D eigenvalue weighted by molar-refractivity contribution is 6.06. The molecular formula is C23H26O5. The summed E-state index contributed by atoms with van der Waals surface area (Å²) in [5, 5.41) is 0. The molecule has 2 rings (SSSR count). The number of hydrogen-bond acceptors (Lipinski definition) is 5. The van der Waals surface area contributed by atoms with E-state index < -0.39 is 0 Å². The van der Waals surface area contributed by atoms with Gasteiger partial charge in [-0.25, -0.2) is 0 Å². The van der Waals surface area contributed by atoms with E-state index in [1.165, 1.54) is 6.08 Å². The molecule has 5 nitrogen and oxygen atoms in total. The molecule has 0 fully saturated rings. The predicted molar refractivity (Wildman–Crippen MR) is 111 cm³/mol. The third-order valence-corrected chi connectivity index (χ3v) is 4.00.